The van der Waals surface area contributed by atoms with Gasteiger partial charge in [0.05, 0.1) is 12.5 Å². The molecule has 1 aromatic heterocycles. The average molecular weight is 247 g/mol. The Hall–Kier alpha value is -2.83. The number of hydrogen-bond acceptors (Lipinski definition) is 3. The summed E-state index contributed by atoms with van der Waals surface area (Å²) in [4.78, 5) is 25.1. The topological polar surface area (TPSA) is 104 Å². The molecule has 0 saturated carbocycles. The molecule has 0 aliphatic heterocycles. The number of nitrogens with one attached hydrogen (secondary N) is 1. The van der Waals surface area contributed by atoms with Crippen molar-refractivity contribution in [2.24, 2.45) is 0 Å². The normalized spacial score (nSPS) is 10.0. The van der Waals surface area contributed by atoms with E-state index in [0.29, 0.717) is 11.4 Å². The molecule has 92 valence electrons. The lowest BCUT2D eigenvalue weighted by Gasteiger charge is -2.06. The van der Waals surface area contributed by atoms with E-state index in [1.807, 2.05) is 0 Å². The van der Waals surface area contributed by atoms with Crippen molar-refractivity contribution in [3.8, 4) is 5.69 Å². The number of anilines is 1. The summed E-state index contributed by atoms with van der Waals surface area (Å²) in [6.07, 6.45) is 1.46. The zero-order chi connectivity index (χ0) is 13.1. The summed E-state index contributed by atoms with van der Waals surface area (Å²) in [5, 5.41) is 19.7. The van der Waals surface area contributed by atoms with Gasteiger partial charge in [0, 0.05) is 11.4 Å². The summed E-state index contributed by atoms with van der Waals surface area (Å²) in [6, 6.07) is 6.27. The van der Waals surface area contributed by atoms with Gasteiger partial charge in [-0.1, -0.05) is 0 Å². The molecule has 0 aliphatic carbocycles. The molecular formula is C11H9N3O4. The standard InChI is InChI=1S/C11H9N3O4/c15-10(16)9-5-12-6-14(9)8-3-1-7(2-4-8)13-11(17)18/h1-6,13H,(H,15,16)(H,17,18). The number of benzene rings is 1. The van der Waals surface area contributed by atoms with Crippen LogP contribution in [0.1, 0.15) is 10.5 Å². The van der Waals surface area contributed by atoms with E-state index in [-0.39, 0.29) is 5.69 Å². The molecule has 2 aromatic rings. The zero-order valence-corrected chi connectivity index (χ0v) is 9.07. The predicted molar refractivity (Wildman–Crippen MR) is 62.2 cm³/mol. The van der Waals surface area contributed by atoms with E-state index >= 15 is 0 Å². The van der Waals surface area contributed by atoms with Crippen LogP contribution in [0.4, 0.5) is 10.5 Å². The van der Waals surface area contributed by atoms with Crippen LogP contribution in [0.3, 0.4) is 0 Å². The maximum Gasteiger partial charge on any atom is 0.409 e. The van der Waals surface area contributed by atoms with E-state index in [2.05, 4.69) is 10.3 Å². The Morgan fingerprint density at radius 3 is 2.39 bits per heavy atom. The van der Waals surface area contributed by atoms with Gasteiger partial charge < -0.3 is 10.2 Å². The maximum absolute atomic E-state index is 10.9. The van der Waals surface area contributed by atoms with Crippen LogP contribution < -0.4 is 5.32 Å². The van der Waals surface area contributed by atoms with Crippen LogP contribution >= 0.6 is 0 Å². The highest BCUT2D eigenvalue weighted by molar-refractivity contribution is 5.86. The summed E-state index contributed by atoms with van der Waals surface area (Å²) in [5.74, 6) is -1.08. The van der Waals surface area contributed by atoms with Crippen LogP contribution in [0.2, 0.25) is 0 Å². The van der Waals surface area contributed by atoms with Gasteiger partial charge in [0.2, 0.25) is 0 Å². The molecule has 0 unspecified atom stereocenters. The van der Waals surface area contributed by atoms with E-state index in [0.717, 1.165) is 0 Å². The molecule has 0 bridgehead atoms. The molecule has 1 aromatic carbocycles. The number of aromatic carboxylic acids is 1. The first kappa shape index (κ1) is 11.6. The monoisotopic (exact) mass is 247 g/mol. The van der Waals surface area contributed by atoms with Gasteiger partial charge in [-0.2, -0.15) is 0 Å². The first-order valence-electron chi connectivity index (χ1n) is 4.94. The fourth-order valence-electron chi connectivity index (χ4n) is 1.49. The van der Waals surface area contributed by atoms with Crippen molar-refractivity contribution < 1.29 is 19.8 Å². The third-order valence-corrected chi connectivity index (χ3v) is 2.25. The van der Waals surface area contributed by atoms with E-state index in [1.165, 1.54) is 29.2 Å². The minimum Gasteiger partial charge on any atom is -0.477 e. The molecule has 7 nitrogen and oxygen atoms in total. The lowest BCUT2D eigenvalue weighted by Crippen LogP contribution is -2.08. The van der Waals surface area contributed by atoms with E-state index in [9.17, 15) is 9.59 Å². The van der Waals surface area contributed by atoms with Crippen molar-refractivity contribution in [1.29, 1.82) is 0 Å². The van der Waals surface area contributed by atoms with Crippen LogP contribution in [-0.4, -0.2) is 31.8 Å². The second-order valence-corrected chi connectivity index (χ2v) is 3.43. The molecule has 0 radical (unpaired) electrons. The Kier molecular flexibility index (Phi) is 2.96. The van der Waals surface area contributed by atoms with Gasteiger partial charge in [-0.05, 0) is 24.3 Å². The average Bonchev–Trinajstić information content (AvgIpc) is 2.78. The summed E-state index contributed by atoms with van der Waals surface area (Å²) in [6.45, 7) is 0. The van der Waals surface area contributed by atoms with Crippen molar-refractivity contribution >= 4 is 17.7 Å². The van der Waals surface area contributed by atoms with Crippen molar-refractivity contribution in [2.45, 2.75) is 0 Å². The van der Waals surface area contributed by atoms with Crippen molar-refractivity contribution in [1.82, 2.24) is 9.55 Å². The van der Waals surface area contributed by atoms with Gasteiger partial charge in [0.1, 0.15) is 0 Å². The van der Waals surface area contributed by atoms with E-state index in [1.54, 1.807) is 12.1 Å². The highest BCUT2D eigenvalue weighted by Gasteiger charge is 2.11. The quantitative estimate of drug-likeness (QED) is 0.765. The van der Waals surface area contributed by atoms with Gasteiger partial charge in [-0.3, -0.25) is 9.88 Å². The maximum atomic E-state index is 10.9. The highest BCUT2D eigenvalue weighted by atomic mass is 16.4. The molecule has 3 N–H and O–H groups in total. The third-order valence-electron chi connectivity index (χ3n) is 2.25. The number of amides is 1. The highest BCUT2D eigenvalue weighted by Crippen LogP contribution is 2.15. The van der Waals surface area contributed by atoms with Crippen LogP contribution in [-0.2, 0) is 0 Å². The smallest absolute Gasteiger partial charge is 0.409 e. The lowest BCUT2D eigenvalue weighted by molar-refractivity contribution is 0.0688. The number of imidazole rings is 1. The number of carbonyl (C=O) groups is 2. The molecule has 0 saturated heterocycles. The SMILES string of the molecule is O=C(O)Nc1ccc(-n2cncc2C(=O)O)cc1. The van der Waals surface area contributed by atoms with Gasteiger partial charge >= 0.3 is 12.1 Å². The number of carboxylic acids is 1. The zero-order valence-electron chi connectivity index (χ0n) is 9.07. The number of carboxylic acid groups (broad SMARTS) is 2. The summed E-state index contributed by atoms with van der Waals surface area (Å²) >= 11 is 0. The van der Waals surface area contributed by atoms with Gasteiger partial charge in [-0.15, -0.1) is 0 Å². The Morgan fingerprint density at radius 2 is 1.83 bits per heavy atom. The Bertz CT molecular complexity index is 589. The lowest BCUT2D eigenvalue weighted by atomic mass is 10.2. The third kappa shape index (κ3) is 2.29. The van der Waals surface area contributed by atoms with Crippen molar-refractivity contribution in [2.75, 3.05) is 5.32 Å². The Balaban J connectivity index is 2.31. The summed E-state index contributed by atoms with van der Waals surface area (Å²) in [7, 11) is 0. The number of aromatic nitrogens is 2. The largest absolute Gasteiger partial charge is 0.477 e. The van der Waals surface area contributed by atoms with Gasteiger partial charge in [0.25, 0.3) is 0 Å². The first-order chi connectivity index (χ1) is 8.58. The molecule has 2 rings (SSSR count). The van der Waals surface area contributed by atoms with Crippen LogP contribution in [0.5, 0.6) is 0 Å². The van der Waals surface area contributed by atoms with Crippen molar-refractivity contribution in [3.05, 3.63) is 42.5 Å². The molecule has 7 heteroatoms. The van der Waals surface area contributed by atoms with E-state index in [4.69, 9.17) is 10.2 Å². The van der Waals surface area contributed by atoms with Crippen LogP contribution in [0, 0.1) is 0 Å². The second kappa shape index (κ2) is 4.58. The number of hydrogen-bond donors (Lipinski definition) is 3. The molecule has 0 fully saturated rings. The second-order valence-electron chi connectivity index (χ2n) is 3.43. The van der Waals surface area contributed by atoms with Crippen LogP contribution in [0.15, 0.2) is 36.8 Å². The fraction of sp³-hybridized carbons (Fsp3) is 0. The first-order valence-corrected chi connectivity index (χ1v) is 4.94. The fourth-order valence-corrected chi connectivity index (χ4v) is 1.49. The molecule has 1 heterocycles. The Labute approximate surface area is 101 Å². The van der Waals surface area contributed by atoms with E-state index < -0.39 is 12.1 Å². The number of rotatable bonds is 3. The predicted octanol–water partition coefficient (Wildman–Crippen LogP) is 1.66. The summed E-state index contributed by atoms with van der Waals surface area (Å²) < 4.78 is 1.40. The van der Waals surface area contributed by atoms with Crippen LogP contribution in [0.25, 0.3) is 5.69 Å². The molecule has 0 atom stereocenters. The minimum atomic E-state index is -1.16. The molecule has 0 aliphatic rings. The molecule has 1 amide bonds. The minimum absolute atomic E-state index is 0.0361. The molecule has 0 spiro atoms. The Morgan fingerprint density at radius 1 is 1.17 bits per heavy atom. The number of nitrogens with zero attached hydrogens (tertiary/aromatic N) is 2. The van der Waals surface area contributed by atoms with Gasteiger partial charge in [-0.25, -0.2) is 14.6 Å². The molecule has 18 heavy (non-hydrogen) atoms. The van der Waals surface area contributed by atoms with Gasteiger partial charge in [0.15, 0.2) is 5.69 Å². The van der Waals surface area contributed by atoms with Crippen molar-refractivity contribution in [3.63, 3.8) is 0 Å². The summed E-state index contributed by atoms with van der Waals surface area (Å²) in [5.41, 5.74) is 1.03. The molecular weight excluding hydrogens is 238 g/mol.